The van der Waals surface area contributed by atoms with E-state index in [0.29, 0.717) is 18.5 Å². The van der Waals surface area contributed by atoms with Crippen LogP contribution in [0.15, 0.2) is 24.3 Å². The number of carbonyl (C=O) groups is 2. The van der Waals surface area contributed by atoms with Gasteiger partial charge in [0.15, 0.2) is 0 Å². The van der Waals surface area contributed by atoms with Gasteiger partial charge in [0, 0.05) is 31.6 Å². The lowest BCUT2D eigenvalue weighted by molar-refractivity contribution is -0.132. The van der Waals surface area contributed by atoms with E-state index in [4.69, 9.17) is 0 Å². The van der Waals surface area contributed by atoms with E-state index < -0.39 is 0 Å². The first-order valence-electron chi connectivity index (χ1n) is 10.1. The molecule has 2 amide bonds. The van der Waals surface area contributed by atoms with E-state index in [1.165, 1.54) is 12.0 Å². The third kappa shape index (κ3) is 6.65. The fourth-order valence-corrected chi connectivity index (χ4v) is 3.48. The van der Waals surface area contributed by atoms with Gasteiger partial charge in [-0.15, -0.1) is 0 Å². The van der Waals surface area contributed by atoms with Gasteiger partial charge in [0.1, 0.15) is 0 Å². The fourth-order valence-electron chi connectivity index (χ4n) is 3.48. The van der Waals surface area contributed by atoms with Gasteiger partial charge in [-0.05, 0) is 61.9 Å². The van der Waals surface area contributed by atoms with Crippen LogP contribution in [0, 0.1) is 5.92 Å². The molecule has 0 unspecified atom stereocenters. The second-order valence-corrected chi connectivity index (χ2v) is 8.55. The molecule has 0 atom stereocenters. The summed E-state index contributed by atoms with van der Waals surface area (Å²) >= 11 is 0. The highest BCUT2D eigenvalue weighted by Crippen LogP contribution is 2.22. The molecule has 0 aromatic heterocycles. The van der Waals surface area contributed by atoms with Crippen LogP contribution in [0.2, 0.25) is 0 Å². The van der Waals surface area contributed by atoms with Gasteiger partial charge in [0.2, 0.25) is 5.91 Å². The lowest BCUT2D eigenvalue weighted by atomic mass is 9.87. The van der Waals surface area contributed by atoms with E-state index in [0.717, 1.165) is 38.4 Å². The molecule has 0 bridgehead atoms. The van der Waals surface area contributed by atoms with Crippen LogP contribution in [0.25, 0.3) is 0 Å². The molecule has 27 heavy (non-hydrogen) atoms. The normalized spacial score (nSPS) is 15.6. The Kier molecular flexibility index (Phi) is 7.84. The molecule has 2 N–H and O–H groups in total. The van der Waals surface area contributed by atoms with E-state index in [2.05, 4.69) is 31.4 Å². The number of hydrogen-bond donors (Lipinski definition) is 2. The molecule has 1 fully saturated rings. The van der Waals surface area contributed by atoms with E-state index >= 15 is 0 Å². The first kappa shape index (κ1) is 21.4. The second-order valence-electron chi connectivity index (χ2n) is 8.55. The van der Waals surface area contributed by atoms with Crippen LogP contribution < -0.4 is 10.6 Å². The van der Waals surface area contributed by atoms with E-state index in [-0.39, 0.29) is 17.2 Å². The monoisotopic (exact) mass is 373 g/mol. The van der Waals surface area contributed by atoms with Crippen molar-refractivity contribution in [2.45, 2.75) is 51.9 Å². The van der Waals surface area contributed by atoms with Crippen molar-refractivity contribution in [2.75, 3.05) is 33.2 Å². The van der Waals surface area contributed by atoms with Crippen molar-refractivity contribution in [2.24, 2.45) is 5.92 Å². The minimum absolute atomic E-state index is 0.0714. The predicted octanol–water partition coefficient (Wildman–Crippen LogP) is 2.95. The molecule has 2 rings (SSSR count). The van der Waals surface area contributed by atoms with Crippen molar-refractivity contribution in [3.8, 4) is 0 Å². The van der Waals surface area contributed by atoms with Crippen molar-refractivity contribution in [3.63, 3.8) is 0 Å². The van der Waals surface area contributed by atoms with Crippen molar-refractivity contribution >= 4 is 11.8 Å². The number of amides is 2. The first-order valence-corrected chi connectivity index (χ1v) is 10.1. The SMILES string of the molecule is CNCCC1CCN(C(=O)CCNC(=O)c2ccc(C(C)(C)C)cc2)CC1. The zero-order valence-corrected chi connectivity index (χ0v) is 17.3. The van der Waals surface area contributed by atoms with Crippen molar-refractivity contribution < 1.29 is 9.59 Å². The molecule has 1 saturated heterocycles. The van der Waals surface area contributed by atoms with Gasteiger partial charge in [0.25, 0.3) is 5.91 Å². The van der Waals surface area contributed by atoms with Crippen LogP contribution in [-0.4, -0.2) is 49.9 Å². The summed E-state index contributed by atoms with van der Waals surface area (Å²) in [5.74, 6) is 0.747. The van der Waals surface area contributed by atoms with Gasteiger partial charge in [-0.2, -0.15) is 0 Å². The summed E-state index contributed by atoms with van der Waals surface area (Å²) in [5, 5.41) is 6.06. The summed E-state index contributed by atoms with van der Waals surface area (Å²) in [6.45, 7) is 9.57. The molecule has 1 aliphatic heterocycles. The molecule has 0 saturated carbocycles. The highest BCUT2D eigenvalue weighted by atomic mass is 16.2. The largest absolute Gasteiger partial charge is 0.352 e. The van der Waals surface area contributed by atoms with E-state index in [1.54, 1.807) is 0 Å². The maximum atomic E-state index is 12.4. The predicted molar refractivity (Wildman–Crippen MR) is 110 cm³/mol. The Hall–Kier alpha value is -1.88. The molecule has 5 heteroatoms. The number of nitrogens with zero attached hydrogens (tertiary/aromatic N) is 1. The number of rotatable bonds is 7. The van der Waals surface area contributed by atoms with Crippen LogP contribution in [0.3, 0.4) is 0 Å². The summed E-state index contributed by atoms with van der Waals surface area (Å²) in [5.41, 5.74) is 1.91. The zero-order chi connectivity index (χ0) is 19.9. The Bertz CT molecular complexity index is 611. The maximum Gasteiger partial charge on any atom is 0.251 e. The minimum Gasteiger partial charge on any atom is -0.352 e. The number of likely N-dealkylation sites (tertiary alicyclic amines) is 1. The molecule has 0 spiro atoms. The van der Waals surface area contributed by atoms with Gasteiger partial charge >= 0.3 is 0 Å². The number of piperidine rings is 1. The molecule has 0 radical (unpaired) electrons. The van der Waals surface area contributed by atoms with Gasteiger partial charge in [-0.3, -0.25) is 9.59 Å². The molecule has 1 heterocycles. The van der Waals surface area contributed by atoms with E-state index in [1.807, 2.05) is 36.2 Å². The summed E-state index contributed by atoms with van der Waals surface area (Å²) in [6, 6.07) is 7.71. The Morgan fingerprint density at radius 1 is 1.07 bits per heavy atom. The molecule has 1 aliphatic rings. The average Bonchev–Trinajstić information content (AvgIpc) is 2.66. The third-order valence-corrected chi connectivity index (χ3v) is 5.41. The summed E-state index contributed by atoms with van der Waals surface area (Å²) in [6.07, 6.45) is 3.72. The van der Waals surface area contributed by atoms with Crippen molar-refractivity contribution in [1.82, 2.24) is 15.5 Å². The Labute approximate surface area is 163 Å². The molecule has 5 nitrogen and oxygen atoms in total. The summed E-state index contributed by atoms with van der Waals surface area (Å²) < 4.78 is 0. The van der Waals surface area contributed by atoms with Gasteiger partial charge in [-0.1, -0.05) is 32.9 Å². The topological polar surface area (TPSA) is 61.4 Å². The van der Waals surface area contributed by atoms with Gasteiger partial charge in [-0.25, -0.2) is 0 Å². The third-order valence-electron chi connectivity index (χ3n) is 5.41. The average molecular weight is 374 g/mol. The van der Waals surface area contributed by atoms with Crippen LogP contribution >= 0.6 is 0 Å². The number of hydrogen-bond acceptors (Lipinski definition) is 3. The maximum absolute atomic E-state index is 12.4. The molecule has 1 aromatic rings. The van der Waals surface area contributed by atoms with Crippen molar-refractivity contribution in [1.29, 1.82) is 0 Å². The van der Waals surface area contributed by atoms with Gasteiger partial charge < -0.3 is 15.5 Å². The summed E-state index contributed by atoms with van der Waals surface area (Å²) in [4.78, 5) is 26.6. The Morgan fingerprint density at radius 3 is 2.26 bits per heavy atom. The number of carbonyl (C=O) groups excluding carboxylic acids is 2. The number of benzene rings is 1. The second kappa shape index (κ2) is 9.88. The van der Waals surface area contributed by atoms with Crippen LogP contribution in [0.5, 0.6) is 0 Å². The smallest absolute Gasteiger partial charge is 0.251 e. The molecule has 0 aliphatic carbocycles. The highest BCUT2D eigenvalue weighted by Gasteiger charge is 2.22. The molecular weight excluding hydrogens is 338 g/mol. The molecule has 150 valence electrons. The quantitative estimate of drug-likeness (QED) is 0.772. The van der Waals surface area contributed by atoms with Crippen molar-refractivity contribution in [3.05, 3.63) is 35.4 Å². The summed E-state index contributed by atoms with van der Waals surface area (Å²) in [7, 11) is 1.98. The number of nitrogens with one attached hydrogen (secondary N) is 2. The first-order chi connectivity index (χ1) is 12.8. The zero-order valence-electron chi connectivity index (χ0n) is 17.3. The lowest BCUT2D eigenvalue weighted by Gasteiger charge is -2.32. The Balaban J connectivity index is 1.71. The highest BCUT2D eigenvalue weighted by molar-refractivity contribution is 5.94. The molecule has 1 aromatic carbocycles. The van der Waals surface area contributed by atoms with E-state index in [9.17, 15) is 9.59 Å². The Morgan fingerprint density at radius 2 is 1.70 bits per heavy atom. The standard InChI is InChI=1S/C22H35N3O2/c1-22(2,3)19-7-5-18(6-8-19)21(27)24-14-10-20(26)25-15-11-17(12-16-25)9-13-23-4/h5-8,17,23H,9-16H2,1-4H3,(H,24,27). The van der Waals surface area contributed by atoms with Crippen LogP contribution in [0.4, 0.5) is 0 Å². The van der Waals surface area contributed by atoms with Crippen LogP contribution in [0.1, 0.15) is 62.4 Å². The lowest BCUT2D eigenvalue weighted by Crippen LogP contribution is -2.40. The minimum atomic E-state index is -0.117. The fraction of sp³-hybridized carbons (Fsp3) is 0.636. The van der Waals surface area contributed by atoms with Crippen LogP contribution in [-0.2, 0) is 10.2 Å². The van der Waals surface area contributed by atoms with Gasteiger partial charge in [0.05, 0.1) is 0 Å². The molecular formula is C22H35N3O2.